The number of hydrogen-bond acceptors (Lipinski definition) is 7. The standard InChI is InChI=1S/C31H34N4O4/c1-18-8-10-22(11-9-18)25-23-14-19(2)34-12-13-35(30-32-15-21(17-36)16-33-30)26(27(23)34)20(3)24(25)28(29(37)38-7)39-31(4,5)6/h8-11,14-17,28H,12-13H2,1-7H3. The Labute approximate surface area is 228 Å². The van der Waals surface area contributed by atoms with Crippen molar-refractivity contribution in [3.8, 4) is 11.1 Å². The lowest BCUT2D eigenvalue weighted by atomic mass is 9.87. The topological polar surface area (TPSA) is 86.5 Å². The van der Waals surface area contributed by atoms with Gasteiger partial charge in [-0.1, -0.05) is 29.8 Å². The fraction of sp³-hybridized carbons (Fsp3) is 0.355. The van der Waals surface area contributed by atoms with Crippen molar-refractivity contribution in [3.05, 3.63) is 70.7 Å². The number of ether oxygens (including phenoxy) is 2. The first-order valence-electron chi connectivity index (χ1n) is 13.1. The zero-order valence-electron chi connectivity index (χ0n) is 23.5. The first-order valence-corrected chi connectivity index (χ1v) is 13.1. The monoisotopic (exact) mass is 526 g/mol. The van der Waals surface area contributed by atoms with Gasteiger partial charge in [0.25, 0.3) is 0 Å². The summed E-state index contributed by atoms with van der Waals surface area (Å²) in [6.07, 6.45) is 2.83. The van der Waals surface area contributed by atoms with E-state index in [1.807, 2.05) is 27.7 Å². The second-order valence-electron chi connectivity index (χ2n) is 11.0. The third kappa shape index (κ3) is 4.69. The van der Waals surface area contributed by atoms with Crippen LogP contribution < -0.4 is 4.90 Å². The lowest BCUT2D eigenvalue weighted by molar-refractivity contribution is -0.164. The third-order valence-electron chi connectivity index (χ3n) is 7.17. The number of nitrogens with zero attached hydrogens (tertiary/aromatic N) is 4. The normalized spacial score (nSPS) is 14.0. The van der Waals surface area contributed by atoms with Gasteiger partial charge in [0, 0.05) is 42.1 Å². The van der Waals surface area contributed by atoms with Crippen LogP contribution in [-0.4, -0.2) is 46.0 Å². The Morgan fingerprint density at radius 3 is 2.31 bits per heavy atom. The highest BCUT2D eigenvalue weighted by Crippen LogP contribution is 2.49. The Bertz CT molecular complexity index is 1560. The van der Waals surface area contributed by atoms with Crippen LogP contribution in [0.15, 0.2) is 42.7 Å². The third-order valence-corrected chi connectivity index (χ3v) is 7.17. The van der Waals surface area contributed by atoms with Gasteiger partial charge in [0.1, 0.15) is 0 Å². The average molecular weight is 527 g/mol. The fourth-order valence-electron chi connectivity index (χ4n) is 5.47. The number of hydrogen-bond donors (Lipinski definition) is 0. The highest BCUT2D eigenvalue weighted by molar-refractivity contribution is 6.08. The number of aldehydes is 1. The van der Waals surface area contributed by atoms with Gasteiger partial charge in [-0.15, -0.1) is 0 Å². The van der Waals surface area contributed by atoms with Gasteiger partial charge >= 0.3 is 5.97 Å². The molecule has 1 aliphatic heterocycles. The Balaban J connectivity index is 1.89. The number of aryl methyl sites for hydroxylation is 2. The maximum Gasteiger partial charge on any atom is 0.339 e. The Morgan fingerprint density at radius 1 is 1.05 bits per heavy atom. The first-order chi connectivity index (χ1) is 18.5. The molecule has 4 aromatic rings. The molecular weight excluding hydrogens is 492 g/mol. The van der Waals surface area contributed by atoms with Crippen LogP contribution in [0.25, 0.3) is 22.0 Å². The smallest absolute Gasteiger partial charge is 0.339 e. The van der Waals surface area contributed by atoms with Gasteiger partial charge in [-0.2, -0.15) is 0 Å². The van der Waals surface area contributed by atoms with E-state index in [-0.39, 0.29) is 0 Å². The summed E-state index contributed by atoms with van der Waals surface area (Å²) in [6, 6.07) is 10.5. The van der Waals surface area contributed by atoms with Gasteiger partial charge < -0.3 is 18.9 Å². The van der Waals surface area contributed by atoms with E-state index in [1.54, 1.807) is 0 Å². The zero-order chi connectivity index (χ0) is 28.1. The maximum absolute atomic E-state index is 13.4. The summed E-state index contributed by atoms with van der Waals surface area (Å²) in [4.78, 5) is 35.7. The molecule has 3 heterocycles. The van der Waals surface area contributed by atoms with E-state index >= 15 is 0 Å². The van der Waals surface area contributed by atoms with Crippen molar-refractivity contribution in [2.45, 2.75) is 59.8 Å². The molecule has 0 bridgehead atoms. The van der Waals surface area contributed by atoms with Crippen molar-refractivity contribution in [2.24, 2.45) is 0 Å². The maximum atomic E-state index is 13.4. The minimum Gasteiger partial charge on any atom is -0.467 e. The van der Waals surface area contributed by atoms with Crippen molar-refractivity contribution in [3.63, 3.8) is 0 Å². The summed E-state index contributed by atoms with van der Waals surface area (Å²) in [5.41, 5.74) is 7.64. The molecule has 0 saturated heterocycles. The van der Waals surface area contributed by atoms with Crippen LogP contribution in [-0.2, 0) is 20.8 Å². The van der Waals surface area contributed by atoms with Crippen LogP contribution in [0.3, 0.4) is 0 Å². The molecule has 1 aliphatic rings. The molecule has 0 spiro atoms. The Hall–Kier alpha value is -4.04. The summed E-state index contributed by atoms with van der Waals surface area (Å²) in [6.45, 7) is 13.4. The summed E-state index contributed by atoms with van der Waals surface area (Å²) >= 11 is 0. The van der Waals surface area contributed by atoms with Crippen molar-refractivity contribution in [1.82, 2.24) is 14.5 Å². The van der Waals surface area contributed by atoms with E-state index in [2.05, 4.69) is 63.6 Å². The molecule has 0 N–H and O–H groups in total. The van der Waals surface area contributed by atoms with Crippen molar-refractivity contribution >= 4 is 34.8 Å². The molecule has 0 aliphatic carbocycles. The van der Waals surface area contributed by atoms with E-state index in [9.17, 15) is 9.59 Å². The number of aromatic nitrogens is 3. The zero-order valence-corrected chi connectivity index (χ0v) is 23.5. The number of anilines is 2. The molecule has 2 aromatic heterocycles. The SMILES string of the molecule is COC(=O)C(OC(C)(C)C)c1c(C)c2c3c(cc(C)n3CCN2c2ncc(C=O)cn2)c1-c1ccc(C)cc1. The predicted octanol–water partition coefficient (Wildman–Crippen LogP) is 6.02. The number of esters is 1. The van der Waals surface area contributed by atoms with Crippen molar-refractivity contribution in [2.75, 3.05) is 18.6 Å². The summed E-state index contributed by atoms with van der Waals surface area (Å²) in [5.74, 6) is 0.0357. The summed E-state index contributed by atoms with van der Waals surface area (Å²) < 4.78 is 14.1. The molecule has 0 fully saturated rings. The number of methoxy groups -OCH3 is 1. The molecule has 5 rings (SSSR count). The van der Waals surface area contributed by atoms with Crippen LogP contribution in [0.5, 0.6) is 0 Å². The minimum atomic E-state index is -0.960. The lowest BCUT2D eigenvalue weighted by Gasteiger charge is -2.35. The van der Waals surface area contributed by atoms with Crippen LogP contribution in [0.2, 0.25) is 0 Å². The van der Waals surface area contributed by atoms with Crippen LogP contribution in [0.1, 0.15) is 59.6 Å². The van der Waals surface area contributed by atoms with Crippen LogP contribution in [0, 0.1) is 20.8 Å². The van der Waals surface area contributed by atoms with Crippen LogP contribution >= 0.6 is 0 Å². The van der Waals surface area contributed by atoms with E-state index in [1.165, 1.54) is 19.5 Å². The predicted molar refractivity (Wildman–Crippen MR) is 152 cm³/mol. The number of rotatable bonds is 6. The van der Waals surface area contributed by atoms with E-state index in [4.69, 9.17) is 9.47 Å². The quantitative estimate of drug-likeness (QED) is 0.224. The second-order valence-corrected chi connectivity index (χ2v) is 11.0. The largest absolute Gasteiger partial charge is 0.467 e. The molecule has 0 amide bonds. The summed E-state index contributed by atoms with van der Waals surface area (Å²) in [7, 11) is 1.39. The van der Waals surface area contributed by atoms with E-state index in [0.29, 0.717) is 18.1 Å². The van der Waals surface area contributed by atoms with Gasteiger partial charge in [0.2, 0.25) is 5.95 Å². The fourth-order valence-corrected chi connectivity index (χ4v) is 5.47. The van der Waals surface area contributed by atoms with Crippen molar-refractivity contribution in [1.29, 1.82) is 0 Å². The molecule has 8 nitrogen and oxygen atoms in total. The molecule has 0 radical (unpaired) electrons. The number of carbonyl (C=O) groups is 2. The second kappa shape index (κ2) is 9.93. The molecule has 0 saturated carbocycles. The molecule has 8 heteroatoms. The van der Waals surface area contributed by atoms with Gasteiger partial charge in [-0.3, -0.25) is 4.79 Å². The van der Waals surface area contributed by atoms with Gasteiger partial charge in [-0.25, -0.2) is 14.8 Å². The average Bonchev–Trinajstić information content (AvgIpc) is 3.25. The number of benzene rings is 2. The van der Waals surface area contributed by atoms with E-state index < -0.39 is 17.7 Å². The van der Waals surface area contributed by atoms with Crippen LogP contribution in [0.4, 0.5) is 11.6 Å². The minimum absolute atomic E-state index is 0.414. The van der Waals surface area contributed by atoms with Gasteiger partial charge in [0.05, 0.1) is 29.5 Å². The van der Waals surface area contributed by atoms with Gasteiger partial charge in [0.15, 0.2) is 12.4 Å². The summed E-state index contributed by atoms with van der Waals surface area (Å²) in [5, 5.41) is 1.02. The molecular formula is C31H34N4O4. The first kappa shape index (κ1) is 26.6. The highest BCUT2D eigenvalue weighted by atomic mass is 16.6. The lowest BCUT2D eigenvalue weighted by Crippen LogP contribution is -2.32. The van der Waals surface area contributed by atoms with E-state index in [0.717, 1.165) is 62.9 Å². The molecule has 202 valence electrons. The Kier molecular flexibility index (Phi) is 6.76. The molecule has 2 aromatic carbocycles. The van der Waals surface area contributed by atoms with Gasteiger partial charge in [-0.05, 0) is 64.3 Å². The number of carbonyl (C=O) groups excluding carboxylic acids is 2. The van der Waals surface area contributed by atoms with Crippen molar-refractivity contribution < 1.29 is 19.1 Å². The Morgan fingerprint density at radius 2 is 1.72 bits per heavy atom. The highest BCUT2D eigenvalue weighted by Gasteiger charge is 2.37. The molecule has 1 unspecified atom stereocenters. The molecule has 1 atom stereocenters. The molecule has 39 heavy (non-hydrogen) atoms.